The average Bonchev–Trinajstić information content (AvgIpc) is 3.03. The molecule has 152 valence electrons. The molecule has 2 heterocycles. The fraction of sp³-hybridized carbons (Fsp3) is 0.810. The molecule has 0 bridgehead atoms. The van der Waals surface area contributed by atoms with Gasteiger partial charge in [0, 0.05) is 45.0 Å². The number of hydrogen-bond donors (Lipinski definition) is 0. The zero-order valence-corrected chi connectivity index (χ0v) is 17.4. The Balaban J connectivity index is 1.56. The summed E-state index contributed by atoms with van der Waals surface area (Å²) in [4.78, 5) is 16.8. The van der Waals surface area contributed by atoms with E-state index in [-0.39, 0.29) is 5.91 Å². The van der Waals surface area contributed by atoms with Gasteiger partial charge in [0.15, 0.2) is 5.69 Å². The Labute approximate surface area is 163 Å². The first-order valence-corrected chi connectivity index (χ1v) is 10.7. The molecule has 0 spiro atoms. The molecule has 1 aromatic heterocycles. The van der Waals surface area contributed by atoms with Crippen molar-refractivity contribution in [1.82, 2.24) is 19.6 Å². The van der Waals surface area contributed by atoms with E-state index in [0.717, 1.165) is 52.1 Å². The number of hydrogen-bond acceptors (Lipinski definition) is 4. The largest absolute Gasteiger partial charge is 0.379 e. The first-order valence-electron chi connectivity index (χ1n) is 10.7. The lowest BCUT2D eigenvalue weighted by Crippen LogP contribution is -2.36. The van der Waals surface area contributed by atoms with Gasteiger partial charge in [-0.05, 0) is 44.6 Å². The lowest BCUT2D eigenvalue weighted by atomic mass is 9.83. The van der Waals surface area contributed by atoms with Gasteiger partial charge in [0.25, 0.3) is 5.91 Å². The monoisotopic (exact) mass is 376 g/mol. The van der Waals surface area contributed by atoms with Gasteiger partial charge >= 0.3 is 0 Å². The van der Waals surface area contributed by atoms with E-state index >= 15 is 0 Å². The molecule has 27 heavy (non-hydrogen) atoms. The van der Waals surface area contributed by atoms with Crippen molar-refractivity contribution in [1.29, 1.82) is 0 Å². The summed E-state index contributed by atoms with van der Waals surface area (Å²) >= 11 is 0. The van der Waals surface area contributed by atoms with Crippen molar-refractivity contribution in [2.45, 2.75) is 58.4 Å². The first-order chi connectivity index (χ1) is 13.1. The summed E-state index contributed by atoms with van der Waals surface area (Å²) in [6, 6.07) is 0. The van der Waals surface area contributed by atoms with Gasteiger partial charge in [-0.2, -0.15) is 5.10 Å². The van der Waals surface area contributed by atoms with Crippen LogP contribution < -0.4 is 0 Å². The fourth-order valence-electron chi connectivity index (χ4n) is 4.38. The molecule has 1 atom stereocenters. The second kappa shape index (κ2) is 9.69. The van der Waals surface area contributed by atoms with Crippen LogP contribution in [0.1, 0.15) is 60.8 Å². The van der Waals surface area contributed by atoms with Crippen LogP contribution in [0.2, 0.25) is 0 Å². The second-order valence-corrected chi connectivity index (χ2v) is 8.26. The minimum Gasteiger partial charge on any atom is -0.379 e. The molecule has 1 saturated heterocycles. The smallest absolute Gasteiger partial charge is 0.274 e. The number of carbonyl (C=O) groups is 1. The maximum atomic E-state index is 12.6. The van der Waals surface area contributed by atoms with E-state index in [1.807, 2.05) is 14.1 Å². The average molecular weight is 377 g/mol. The van der Waals surface area contributed by atoms with Crippen LogP contribution in [-0.2, 0) is 24.1 Å². The fourth-order valence-corrected chi connectivity index (χ4v) is 4.38. The third-order valence-corrected chi connectivity index (χ3v) is 5.93. The Morgan fingerprint density at radius 3 is 2.70 bits per heavy atom. The number of nitrogens with zero attached hydrogens (tertiary/aromatic N) is 4. The lowest BCUT2D eigenvalue weighted by molar-refractivity contribution is 0.0370. The molecule has 0 radical (unpaired) electrons. The van der Waals surface area contributed by atoms with E-state index in [9.17, 15) is 4.79 Å². The van der Waals surface area contributed by atoms with Gasteiger partial charge in [0.05, 0.1) is 13.2 Å². The van der Waals surface area contributed by atoms with Gasteiger partial charge in [0.2, 0.25) is 0 Å². The lowest BCUT2D eigenvalue weighted by Gasteiger charge is -2.27. The van der Waals surface area contributed by atoms with Gasteiger partial charge in [-0.25, -0.2) is 0 Å². The highest BCUT2D eigenvalue weighted by Crippen LogP contribution is 2.31. The number of amides is 1. The van der Waals surface area contributed by atoms with E-state index in [2.05, 4.69) is 16.5 Å². The van der Waals surface area contributed by atoms with E-state index < -0.39 is 0 Å². The van der Waals surface area contributed by atoms with Gasteiger partial charge in [0.1, 0.15) is 0 Å². The molecule has 1 aliphatic carbocycles. The minimum atomic E-state index is 0.0501. The number of carbonyl (C=O) groups excluding carboxylic acids is 1. The molecular formula is C21H36N4O2. The van der Waals surface area contributed by atoms with Crippen LogP contribution in [0.25, 0.3) is 0 Å². The van der Waals surface area contributed by atoms with E-state index in [4.69, 9.17) is 9.84 Å². The Hall–Kier alpha value is -1.40. The van der Waals surface area contributed by atoms with Crippen molar-refractivity contribution in [3.8, 4) is 0 Å². The molecule has 0 saturated carbocycles. The van der Waals surface area contributed by atoms with Crippen molar-refractivity contribution in [2.24, 2.45) is 5.92 Å². The molecule has 1 amide bonds. The number of ether oxygens (including phenoxy) is 1. The number of unbranched alkanes of at least 4 members (excludes halogenated alkanes) is 1. The molecule has 0 N–H and O–H groups in total. The standard InChI is InChI=1S/C21H36N4O2/c1-4-10-25-19-9-8-17(7-5-6-11-24-12-14-27-15-13-24)16-18(19)20(22-25)21(26)23(2)3/h17H,4-16H2,1-3H3. The molecule has 1 unspecified atom stereocenters. The summed E-state index contributed by atoms with van der Waals surface area (Å²) in [7, 11) is 3.64. The highest BCUT2D eigenvalue weighted by atomic mass is 16.5. The molecule has 1 aliphatic heterocycles. The maximum Gasteiger partial charge on any atom is 0.274 e. The Morgan fingerprint density at radius 2 is 2.00 bits per heavy atom. The Morgan fingerprint density at radius 1 is 1.22 bits per heavy atom. The topological polar surface area (TPSA) is 50.6 Å². The Bertz CT molecular complexity index is 620. The van der Waals surface area contributed by atoms with Crippen LogP contribution in [0, 0.1) is 5.92 Å². The highest BCUT2D eigenvalue weighted by Gasteiger charge is 2.29. The van der Waals surface area contributed by atoms with Crippen LogP contribution in [0.3, 0.4) is 0 Å². The van der Waals surface area contributed by atoms with Gasteiger partial charge in [-0.1, -0.05) is 19.8 Å². The van der Waals surface area contributed by atoms with Gasteiger partial charge in [-0.15, -0.1) is 0 Å². The van der Waals surface area contributed by atoms with Crippen molar-refractivity contribution in [3.63, 3.8) is 0 Å². The molecule has 3 rings (SSSR count). The highest BCUT2D eigenvalue weighted by molar-refractivity contribution is 5.93. The number of fused-ring (bicyclic) bond motifs is 1. The van der Waals surface area contributed by atoms with Crippen molar-refractivity contribution in [3.05, 3.63) is 17.0 Å². The molecule has 0 aromatic carbocycles. The van der Waals surface area contributed by atoms with Crippen LogP contribution >= 0.6 is 0 Å². The quantitative estimate of drug-likeness (QED) is 0.655. The Kier molecular flexibility index (Phi) is 7.30. The predicted molar refractivity (Wildman–Crippen MR) is 107 cm³/mol. The molecule has 6 nitrogen and oxygen atoms in total. The van der Waals surface area contributed by atoms with Crippen LogP contribution in [0.5, 0.6) is 0 Å². The minimum absolute atomic E-state index is 0.0501. The first kappa shape index (κ1) is 20.3. The van der Waals surface area contributed by atoms with Crippen molar-refractivity contribution < 1.29 is 9.53 Å². The summed E-state index contributed by atoms with van der Waals surface area (Å²) in [5.41, 5.74) is 3.24. The summed E-state index contributed by atoms with van der Waals surface area (Å²) < 4.78 is 7.52. The molecule has 1 fully saturated rings. The zero-order valence-electron chi connectivity index (χ0n) is 17.4. The summed E-state index contributed by atoms with van der Waals surface area (Å²) in [6.07, 6.45) is 8.17. The maximum absolute atomic E-state index is 12.6. The van der Waals surface area contributed by atoms with E-state index in [1.54, 1.807) is 4.90 Å². The molecule has 2 aliphatic rings. The molecular weight excluding hydrogens is 340 g/mol. The van der Waals surface area contributed by atoms with Crippen molar-refractivity contribution >= 4 is 5.91 Å². The second-order valence-electron chi connectivity index (χ2n) is 8.26. The number of aromatic nitrogens is 2. The zero-order chi connectivity index (χ0) is 19.2. The van der Waals surface area contributed by atoms with Gasteiger partial charge in [-0.3, -0.25) is 14.4 Å². The summed E-state index contributed by atoms with van der Waals surface area (Å²) in [6.45, 7) is 8.21. The third kappa shape index (κ3) is 5.11. The predicted octanol–water partition coefficient (Wildman–Crippen LogP) is 2.60. The van der Waals surface area contributed by atoms with E-state index in [0.29, 0.717) is 11.6 Å². The SMILES string of the molecule is CCCn1nc(C(=O)N(C)C)c2c1CCC(CCCCN1CCOCC1)C2. The van der Waals surface area contributed by atoms with E-state index in [1.165, 1.54) is 43.5 Å². The molecule has 1 aromatic rings. The number of rotatable bonds is 8. The third-order valence-electron chi connectivity index (χ3n) is 5.93. The van der Waals surface area contributed by atoms with Gasteiger partial charge < -0.3 is 9.64 Å². The summed E-state index contributed by atoms with van der Waals surface area (Å²) in [5, 5.41) is 4.70. The number of morpholine rings is 1. The number of aryl methyl sites for hydroxylation is 1. The van der Waals surface area contributed by atoms with Crippen molar-refractivity contribution in [2.75, 3.05) is 46.9 Å². The van der Waals surface area contributed by atoms with Crippen LogP contribution in [0.4, 0.5) is 0 Å². The molecule has 6 heteroatoms. The van der Waals surface area contributed by atoms with Crippen LogP contribution in [-0.4, -0.2) is 72.4 Å². The normalized spacial score (nSPS) is 20.5. The van der Waals surface area contributed by atoms with Crippen LogP contribution in [0.15, 0.2) is 0 Å². The summed E-state index contributed by atoms with van der Waals surface area (Å²) in [5.74, 6) is 0.740.